The largest absolute Gasteiger partial charge is 0.507 e. The number of hydrogen-bond acceptors (Lipinski definition) is 3. The monoisotopic (exact) mass is 210 g/mol. The van der Waals surface area contributed by atoms with Crippen LogP contribution < -0.4 is 4.74 Å². The number of aromatic hydroxyl groups is 1. The lowest BCUT2D eigenvalue weighted by Gasteiger charge is -2.06. The first-order valence-corrected chi connectivity index (χ1v) is 4.84. The second kappa shape index (κ2) is 5.24. The number of aromatic carboxylic acids is 1. The number of carboxylic acid groups (broad SMARTS) is 1. The van der Waals surface area contributed by atoms with E-state index in [9.17, 15) is 9.90 Å². The molecule has 0 atom stereocenters. The van der Waals surface area contributed by atoms with Gasteiger partial charge in [0.05, 0.1) is 6.61 Å². The molecule has 15 heavy (non-hydrogen) atoms. The molecule has 0 aromatic heterocycles. The number of ether oxygens (including phenoxy) is 1. The number of benzene rings is 1. The summed E-state index contributed by atoms with van der Waals surface area (Å²) in [7, 11) is 0. The Bertz CT molecular complexity index is 346. The summed E-state index contributed by atoms with van der Waals surface area (Å²) in [6.07, 6.45) is 1.96. The third-order valence-corrected chi connectivity index (χ3v) is 1.97. The quantitative estimate of drug-likeness (QED) is 0.731. The van der Waals surface area contributed by atoms with Crippen molar-refractivity contribution in [3.8, 4) is 11.5 Å². The van der Waals surface area contributed by atoms with Crippen LogP contribution in [-0.4, -0.2) is 22.8 Å². The number of hydrogen-bond donors (Lipinski definition) is 2. The van der Waals surface area contributed by atoms with E-state index >= 15 is 0 Å². The molecule has 1 aromatic rings. The molecule has 1 aromatic carbocycles. The van der Waals surface area contributed by atoms with Crippen LogP contribution in [0.2, 0.25) is 0 Å². The van der Waals surface area contributed by atoms with E-state index in [0.29, 0.717) is 12.4 Å². The average molecular weight is 210 g/mol. The van der Waals surface area contributed by atoms with Crippen LogP contribution >= 0.6 is 0 Å². The van der Waals surface area contributed by atoms with Crippen LogP contribution in [0, 0.1) is 0 Å². The van der Waals surface area contributed by atoms with Crippen LogP contribution in [0.15, 0.2) is 18.2 Å². The van der Waals surface area contributed by atoms with Crippen LogP contribution in [0.1, 0.15) is 30.1 Å². The van der Waals surface area contributed by atoms with Gasteiger partial charge in [-0.3, -0.25) is 0 Å². The van der Waals surface area contributed by atoms with Crippen molar-refractivity contribution in [1.29, 1.82) is 0 Å². The second-order valence-electron chi connectivity index (χ2n) is 3.19. The van der Waals surface area contributed by atoms with Gasteiger partial charge in [-0.15, -0.1) is 0 Å². The first-order chi connectivity index (χ1) is 7.15. The Morgan fingerprint density at radius 1 is 1.47 bits per heavy atom. The van der Waals surface area contributed by atoms with Gasteiger partial charge < -0.3 is 14.9 Å². The molecule has 0 aliphatic rings. The van der Waals surface area contributed by atoms with Crippen molar-refractivity contribution in [2.75, 3.05) is 6.61 Å². The Labute approximate surface area is 88.1 Å². The average Bonchev–Trinajstić information content (AvgIpc) is 2.17. The number of phenols is 1. The molecule has 4 nitrogen and oxygen atoms in total. The zero-order chi connectivity index (χ0) is 11.3. The molecule has 0 fully saturated rings. The zero-order valence-electron chi connectivity index (χ0n) is 8.56. The van der Waals surface area contributed by atoms with Gasteiger partial charge in [-0.05, 0) is 18.6 Å². The molecule has 2 N–H and O–H groups in total. The standard InChI is InChI=1S/C11H14O4/c1-2-3-6-15-8-4-5-9(11(13)14)10(12)7-8/h4-5,7,12H,2-3,6H2,1H3,(H,13,14). The molecule has 0 amide bonds. The van der Waals surface area contributed by atoms with Gasteiger partial charge >= 0.3 is 5.97 Å². The summed E-state index contributed by atoms with van der Waals surface area (Å²) < 4.78 is 5.31. The van der Waals surface area contributed by atoms with Crippen molar-refractivity contribution in [3.63, 3.8) is 0 Å². The minimum absolute atomic E-state index is 0.113. The van der Waals surface area contributed by atoms with E-state index in [4.69, 9.17) is 9.84 Å². The van der Waals surface area contributed by atoms with Gasteiger partial charge in [0.1, 0.15) is 17.1 Å². The predicted molar refractivity (Wildman–Crippen MR) is 55.5 cm³/mol. The smallest absolute Gasteiger partial charge is 0.339 e. The molecule has 0 saturated carbocycles. The number of unbranched alkanes of at least 4 members (excludes halogenated alkanes) is 1. The van der Waals surface area contributed by atoms with Crippen LogP contribution in [0.4, 0.5) is 0 Å². The van der Waals surface area contributed by atoms with Crippen molar-refractivity contribution in [2.24, 2.45) is 0 Å². The van der Waals surface area contributed by atoms with Crippen molar-refractivity contribution in [3.05, 3.63) is 23.8 Å². The van der Waals surface area contributed by atoms with E-state index in [-0.39, 0.29) is 11.3 Å². The van der Waals surface area contributed by atoms with E-state index in [1.807, 2.05) is 6.92 Å². The van der Waals surface area contributed by atoms with Crippen molar-refractivity contribution in [1.82, 2.24) is 0 Å². The van der Waals surface area contributed by atoms with E-state index in [0.717, 1.165) is 12.8 Å². The number of carboxylic acids is 1. The summed E-state index contributed by atoms with van der Waals surface area (Å²) >= 11 is 0. The Morgan fingerprint density at radius 3 is 2.73 bits per heavy atom. The molecular formula is C11H14O4. The van der Waals surface area contributed by atoms with Gasteiger partial charge in [-0.1, -0.05) is 13.3 Å². The van der Waals surface area contributed by atoms with E-state index in [2.05, 4.69) is 0 Å². The van der Waals surface area contributed by atoms with Crippen molar-refractivity contribution in [2.45, 2.75) is 19.8 Å². The summed E-state index contributed by atoms with van der Waals surface area (Å²) in [6, 6.07) is 4.19. The highest BCUT2D eigenvalue weighted by molar-refractivity contribution is 5.90. The minimum atomic E-state index is -1.15. The fraction of sp³-hybridized carbons (Fsp3) is 0.364. The summed E-state index contributed by atoms with van der Waals surface area (Å²) in [6.45, 7) is 2.62. The van der Waals surface area contributed by atoms with Gasteiger partial charge in [-0.25, -0.2) is 4.79 Å². The molecule has 0 aliphatic heterocycles. The fourth-order valence-corrected chi connectivity index (χ4v) is 1.12. The first-order valence-electron chi connectivity index (χ1n) is 4.84. The molecule has 4 heteroatoms. The van der Waals surface area contributed by atoms with Crippen LogP contribution in [-0.2, 0) is 0 Å². The summed E-state index contributed by atoms with van der Waals surface area (Å²) in [4.78, 5) is 10.6. The maximum Gasteiger partial charge on any atom is 0.339 e. The van der Waals surface area contributed by atoms with Gasteiger partial charge in [0, 0.05) is 6.07 Å². The Hall–Kier alpha value is -1.71. The minimum Gasteiger partial charge on any atom is -0.507 e. The Balaban J connectivity index is 2.69. The lowest BCUT2D eigenvalue weighted by Crippen LogP contribution is -1.99. The normalized spacial score (nSPS) is 9.93. The third kappa shape index (κ3) is 3.16. The first kappa shape index (κ1) is 11.4. The number of carbonyl (C=O) groups is 1. The molecule has 0 bridgehead atoms. The lowest BCUT2D eigenvalue weighted by molar-refractivity contribution is 0.0693. The third-order valence-electron chi connectivity index (χ3n) is 1.97. The molecule has 0 radical (unpaired) electrons. The van der Waals surface area contributed by atoms with Gasteiger partial charge in [0.25, 0.3) is 0 Å². The highest BCUT2D eigenvalue weighted by atomic mass is 16.5. The van der Waals surface area contributed by atoms with E-state index in [1.165, 1.54) is 12.1 Å². The maximum atomic E-state index is 10.6. The molecule has 0 spiro atoms. The number of rotatable bonds is 5. The van der Waals surface area contributed by atoms with Crippen LogP contribution in [0.3, 0.4) is 0 Å². The summed E-state index contributed by atoms with van der Waals surface area (Å²) in [5, 5.41) is 18.0. The highest BCUT2D eigenvalue weighted by Gasteiger charge is 2.09. The second-order valence-corrected chi connectivity index (χ2v) is 3.19. The van der Waals surface area contributed by atoms with E-state index < -0.39 is 5.97 Å². The Kier molecular flexibility index (Phi) is 3.97. The van der Waals surface area contributed by atoms with Gasteiger partial charge in [0.2, 0.25) is 0 Å². The fourth-order valence-electron chi connectivity index (χ4n) is 1.12. The molecule has 0 saturated heterocycles. The molecule has 82 valence electrons. The highest BCUT2D eigenvalue weighted by Crippen LogP contribution is 2.23. The van der Waals surface area contributed by atoms with Gasteiger partial charge in [-0.2, -0.15) is 0 Å². The Morgan fingerprint density at radius 2 is 2.20 bits per heavy atom. The lowest BCUT2D eigenvalue weighted by atomic mass is 10.2. The SMILES string of the molecule is CCCCOc1ccc(C(=O)O)c(O)c1. The molecule has 1 rings (SSSR count). The molecular weight excluding hydrogens is 196 g/mol. The zero-order valence-corrected chi connectivity index (χ0v) is 8.56. The summed E-state index contributed by atoms with van der Waals surface area (Å²) in [5.41, 5.74) is -0.113. The van der Waals surface area contributed by atoms with Gasteiger partial charge in [0.15, 0.2) is 0 Å². The molecule has 0 aliphatic carbocycles. The molecule has 0 heterocycles. The molecule has 0 unspecified atom stereocenters. The summed E-state index contributed by atoms with van der Waals surface area (Å²) in [5.74, 6) is -0.921. The van der Waals surface area contributed by atoms with E-state index in [1.54, 1.807) is 6.07 Å². The van der Waals surface area contributed by atoms with Crippen LogP contribution in [0.5, 0.6) is 11.5 Å². The maximum absolute atomic E-state index is 10.6. The van der Waals surface area contributed by atoms with Crippen LogP contribution in [0.25, 0.3) is 0 Å². The topological polar surface area (TPSA) is 66.8 Å². The predicted octanol–water partition coefficient (Wildman–Crippen LogP) is 2.27. The van der Waals surface area contributed by atoms with Crippen molar-refractivity contribution < 1.29 is 19.7 Å². The van der Waals surface area contributed by atoms with Crippen molar-refractivity contribution >= 4 is 5.97 Å².